The maximum Gasteiger partial charge on any atom is 0.244 e. The van der Waals surface area contributed by atoms with Gasteiger partial charge >= 0.3 is 0 Å². The number of nitrogens with zero attached hydrogens (tertiary/aromatic N) is 1. The Morgan fingerprint density at radius 2 is 2.18 bits per heavy atom. The van der Waals surface area contributed by atoms with Crippen molar-refractivity contribution in [2.45, 2.75) is 19.9 Å². The van der Waals surface area contributed by atoms with Gasteiger partial charge < -0.3 is 16.0 Å². The van der Waals surface area contributed by atoms with Crippen molar-refractivity contribution in [3.05, 3.63) is 29.3 Å². The van der Waals surface area contributed by atoms with Crippen LogP contribution in [-0.2, 0) is 4.79 Å². The first-order chi connectivity index (χ1) is 8.13. The summed E-state index contributed by atoms with van der Waals surface area (Å²) in [6, 6.07) is 6.02. The predicted molar refractivity (Wildman–Crippen MR) is 69.1 cm³/mol. The van der Waals surface area contributed by atoms with E-state index in [4.69, 9.17) is 5.73 Å². The van der Waals surface area contributed by atoms with E-state index in [0.29, 0.717) is 13.1 Å². The maximum atomic E-state index is 11.7. The normalized spacial score (nSPS) is 20.3. The summed E-state index contributed by atoms with van der Waals surface area (Å²) in [5.74, 6) is 0.0250. The fourth-order valence-corrected chi connectivity index (χ4v) is 2.16. The number of rotatable bonds is 2. The predicted octanol–water partition coefficient (Wildman–Crippen LogP) is 0.567. The van der Waals surface area contributed by atoms with Gasteiger partial charge in [-0.15, -0.1) is 0 Å². The lowest BCUT2D eigenvalue weighted by Crippen LogP contribution is -2.58. The van der Waals surface area contributed by atoms with Crippen molar-refractivity contribution in [2.75, 3.05) is 24.5 Å². The van der Waals surface area contributed by atoms with E-state index in [1.807, 2.05) is 0 Å². The summed E-state index contributed by atoms with van der Waals surface area (Å²) >= 11 is 0. The van der Waals surface area contributed by atoms with E-state index in [0.717, 1.165) is 12.2 Å². The van der Waals surface area contributed by atoms with Crippen LogP contribution in [0, 0.1) is 13.8 Å². The molecule has 1 unspecified atom stereocenters. The van der Waals surface area contributed by atoms with Gasteiger partial charge in [-0.1, -0.05) is 6.07 Å². The number of hydrogen-bond acceptors (Lipinski definition) is 3. The van der Waals surface area contributed by atoms with Gasteiger partial charge in [0, 0.05) is 25.3 Å². The van der Waals surface area contributed by atoms with Crippen molar-refractivity contribution >= 4 is 11.6 Å². The maximum absolute atomic E-state index is 11.7. The van der Waals surface area contributed by atoms with Crippen molar-refractivity contribution in [3.8, 4) is 0 Å². The topological polar surface area (TPSA) is 58.4 Å². The third kappa shape index (κ3) is 2.26. The zero-order valence-corrected chi connectivity index (χ0v) is 10.4. The zero-order valence-electron chi connectivity index (χ0n) is 10.4. The molecule has 1 fully saturated rings. The summed E-state index contributed by atoms with van der Waals surface area (Å²) in [5, 5.41) is 2.85. The van der Waals surface area contributed by atoms with Gasteiger partial charge in [-0.3, -0.25) is 4.79 Å². The smallest absolute Gasteiger partial charge is 0.244 e. The van der Waals surface area contributed by atoms with E-state index < -0.39 is 0 Å². The molecule has 0 saturated carbocycles. The molecule has 4 nitrogen and oxygen atoms in total. The third-order valence-electron chi connectivity index (χ3n) is 3.38. The molecular weight excluding hydrogens is 214 g/mol. The van der Waals surface area contributed by atoms with Crippen molar-refractivity contribution in [1.82, 2.24) is 5.32 Å². The van der Waals surface area contributed by atoms with Crippen LogP contribution in [0.5, 0.6) is 0 Å². The van der Waals surface area contributed by atoms with Crippen LogP contribution in [0.1, 0.15) is 11.1 Å². The lowest BCUT2D eigenvalue weighted by molar-refractivity contribution is -0.123. The highest BCUT2D eigenvalue weighted by Gasteiger charge is 2.28. The molecule has 4 heteroatoms. The van der Waals surface area contributed by atoms with Crippen LogP contribution in [0.15, 0.2) is 18.2 Å². The van der Waals surface area contributed by atoms with Crippen LogP contribution in [0.2, 0.25) is 0 Å². The number of nitrogens with two attached hydrogens (primary N) is 1. The summed E-state index contributed by atoms with van der Waals surface area (Å²) in [6.45, 7) is 6.01. The molecule has 1 amide bonds. The average Bonchev–Trinajstić information content (AvgIpc) is 2.32. The second-order valence-corrected chi connectivity index (χ2v) is 4.50. The highest BCUT2D eigenvalue weighted by Crippen LogP contribution is 2.21. The lowest BCUT2D eigenvalue weighted by atomic mass is 10.1. The summed E-state index contributed by atoms with van der Waals surface area (Å²) in [5.41, 5.74) is 9.27. The molecular formula is C13H19N3O. The Morgan fingerprint density at radius 1 is 1.41 bits per heavy atom. The number of carbonyl (C=O) groups excluding carboxylic acids is 1. The number of benzene rings is 1. The molecule has 1 aliphatic heterocycles. The molecule has 1 heterocycles. The molecule has 17 heavy (non-hydrogen) atoms. The molecule has 0 bridgehead atoms. The Balaban J connectivity index is 2.30. The van der Waals surface area contributed by atoms with E-state index in [9.17, 15) is 4.79 Å². The van der Waals surface area contributed by atoms with Crippen LogP contribution in [0.4, 0.5) is 5.69 Å². The molecule has 2 rings (SSSR count). The quantitative estimate of drug-likeness (QED) is 0.785. The van der Waals surface area contributed by atoms with Crippen LogP contribution in [0.25, 0.3) is 0 Å². The first kappa shape index (κ1) is 11.9. The van der Waals surface area contributed by atoms with Crippen LogP contribution >= 0.6 is 0 Å². The van der Waals surface area contributed by atoms with E-state index >= 15 is 0 Å². The van der Waals surface area contributed by atoms with Crippen LogP contribution < -0.4 is 16.0 Å². The van der Waals surface area contributed by atoms with E-state index in [2.05, 4.69) is 42.3 Å². The van der Waals surface area contributed by atoms with Gasteiger partial charge in [0.2, 0.25) is 5.91 Å². The Hall–Kier alpha value is -1.55. The van der Waals surface area contributed by atoms with Crippen molar-refractivity contribution in [3.63, 3.8) is 0 Å². The molecule has 0 aromatic heterocycles. The largest absolute Gasteiger partial charge is 0.357 e. The van der Waals surface area contributed by atoms with Gasteiger partial charge in [-0.25, -0.2) is 0 Å². The van der Waals surface area contributed by atoms with Gasteiger partial charge in [0.05, 0.1) is 0 Å². The average molecular weight is 233 g/mol. The first-order valence-corrected chi connectivity index (χ1v) is 5.95. The molecule has 0 radical (unpaired) electrons. The van der Waals surface area contributed by atoms with Gasteiger partial charge in [-0.2, -0.15) is 0 Å². The number of nitrogens with one attached hydrogen (secondary N) is 1. The second-order valence-electron chi connectivity index (χ2n) is 4.50. The first-order valence-electron chi connectivity index (χ1n) is 5.95. The molecule has 1 saturated heterocycles. The Morgan fingerprint density at radius 3 is 2.82 bits per heavy atom. The van der Waals surface area contributed by atoms with E-state index in [-0.39, 0.29) is 11.9 Å². The van der Waals surface area contributed by atoms with Crippen LogP contribution in [0.3, 0.4) is 0 Å². The standard InChI is InChI=1S/C13H19N3O/c1-9-3-4-11(7-10(9)2)16-6-5-15-13(17)12(16)8-14/h3-4,7,12H,5-6,8,14H2,1-2H3,(H,15,17). The molecule has 0 spiro atoms. The minimum Gasteiger partial charge on any atom is -0.357 e. The Kier molecular flexibility index (Phi) is 3.33. The number of anilines is 1. The van der Waals surface area contributed by atoms with Gasteiger partial charge in [0.25, 0.3) is 0 Å². The zero-order chi connectivity index (χ0) is 12.4. The molecule has 1 atom stereocenters. The van der Waals surface area contributed by atoms with Crippen molar-refractivity contribution < 1.29 is 4.79 Å². The summed E-state index contributed by atoms with van der Waals surface area (Å²) in [4.78, 5) is 13.8. The molecule has 1 aromatic carbocycles. The van der Waals surface area contributed by atoms with Gasteiger partial charge in [0.1, 0.15) is 6.04 Å². The minimum atomic E-state index is -0.245. The number of carbonyl (C=O) groups is 1. The summed E-state index contributed by atoms with van der Waals surface area (Å²) in [6.07, 6.45) is 0. The highest BCUT2D eigenvalue weighted by atomic mass is 16.2. The molecule has 3 N–H and O–H groups in total. The summed E-state index contributed by atoms with van der Waals surface area (Å²) in [7, 11) is 0. The van der Waals surface area contributed by atoms with Crippen LogP contribution in [-0.4, -0.2) is 31.6 Å². The molecule has 0 aliphatic carbocycles. The monoisotopic (exact) mass is 233 g/mol. The number of piperazine rings is 1. The fraction of sp³-hybridized carbons (Fsp3) is 0.462. The Labute approximate surface area is 102 Å². The minimum absolute atomic E-state index is 0.0250. The number of hydrogen-bond donors (Lipinski definition) is 2. The van der Waals surface area contributed by atoms with Gasteiger partial charge in [-0.05, 0) is 37.1 Å². The molecule has 1 aliphatic rings. The SMILES string of the molecule is Cc1ccc(N2CCNC(=O)C2CN)cc1C. The van der Waals surface area contributed by atoms with Crippen molar-refractivity contribution in [1.29, 1.82) is 0 Å². The highest BCUT2D eigenvalue weighted by molar-refractivity contribution is 5.86. The second kappa shape index (κ2) is 4.75. The number of aryl methyl sites for hydroxylation is 2. The van der Waals surface area contributed by atoms with E-state index in [1.165, 1.54) is 11.1 Å². The van der Waals surface area contributed by atoms with Crippen molar-refractivity contribution in [2.24, 2.45) is 5.73 Å². The molecule has 1 aromatic rings. The fourth-order valence-electron chi connectivity index (χ4n) is 2.16. The van der Waals surface area contributed by atoms with Gasteiger partial charge in [0.15, 0.2) is 0 Å². The third-order valence-corrected chi connectivity index (χ3v) is 3.38. The molecule has 92 valence electrons. The van der Waals surface area contributed by atoms with E-state index in [1.54, 1.807) is 0 Å². The Bertz CT molecular complexity index is 431. The number of amides is 1. The summed E-state index contributed by atoms with van der Waals surface area (Å²) < 4.78 is 0. The lowest BCUT2D eigenvalue weighted by Gasteiger charge is -2.36.